The highest BCUT2D eigenvalue weighted by atomic mass is 32.2. The second-order valence-corrected chi connectivity index (χ2v) is 4.10. The van der Waals surface area contributed by atoms with Crippen molar-refractivity contribution in [2.45, 2.75) is 11.5 Å². The summed E-state index contributed by atoms with van der Waals surface area (Å²) in [5.41, 5.74) is 0. The van der Waals surface area contributed by atoms with Crippen LogP contribution in [0.15, 0.2) is 0 Å². The molecule has 7 heteroatoms. The third kappa shape index (κ3) is 5.33. The summed E-state index contributed by atoms with van der Waals surface area (Å²) < 4.78 is 20.1. The number of thioether (sulfide) groups is 1. The number of esters is 2. The summed E-state index contributed by atoms with van der Waals surface area (Å²) in [6.07, 6.45) is 0. The number of carbonyl (C=O) groups excluding carboxylic acids is 2. The normalized spacial score (nSPS) is 11.9. The summed E-state index contributed by atoms with van der Waals surface area (Å²) in [5.74, 6) is -1.25. The third-order valence-corrected chi connectivity index (χ3v) is 3.02. The Bertz CT molecular complexity index is 200. The van der Waals surface area contributed by atoms with Crippen LogP contribution in [-0.2, 0) is 19.1 Å². The molecule has 0 heterocycles. The fourth-order valence-electron chi connectivity index (χ4n) is 0.543. The Balaban J connectivity index is 3.90. The molecule has 1 unspecified atom stereocenters. The molecule has 1 atom stereocenters. The Morgan fingerprint density at radius 2 is 2.14 bits per heavy atom. The predicted molar refractivity (Wildman–Crippen MR) is 53.6 cm³/mol. The molecule has 0 bridgehead atoms. The predicted octanol–water partition coefficient (Wildman–Crippen LogP) is 1.40. The van der Waals surface area contributed by atoms with Crippen LogP contribution < -0.4 is 0 Å². The van der Waals surface area contributed by atoms with E-state index in [-0.39, 0.29) is 24.5 Å². The van der Waals surface area contributed by atoms with Crippen LogP contribution >= 0.6 is 23.9 Å². The minimum atomic E-state index is -1.02. The van der Waals surface area contributed by atoms with Gasteiger partial charge < -0.3 is 9.47 Å². The molecule has 0 aliphatic heterocycles. The molecule has 0 N–H and O–H groups in total. The van der Waals surface area contributed by atoms with Gasteiger partial charge >= 0.3 is 11.9 Å². The van der Waals surface area contributed by atoms with Crippen LogP contribution in [0.3, 0.4) is 0 Å². The summed E-state index contributed by atoms with van der Waals surface area (Å²) in [7, 11) is 1.23. The maximum absolute atomic E-state index is 12.2. The number of hydrogen-bond donors (Lipinski definition) is 0. The third-order valence-electron chi connectivity index (χ3n) is 1.14. The van der Waals surface area contributed by atoms with E-state index in [2.05, 4.69) is 9.47 Å². The minimum Gasteiger partial charge on any atom is -0.468 e. The molecule has 0 rings (SSSR count). The molecule has 0 aromatic heterocycles. The number of ether oxygens (including phenoxy) is 2. The van der Waals surface area contributed by atoms with Crippen molar-refractivity contribution in [3.05, 3.63) is 0 Å². The zero-order valence-electron chi connectivity index (χ0n) is 7.82. The van der Waals surface area contributed by atoms with E-state index >= 15 is 0 Å². The van der Waals surface area contributed by atoms with E-state index in [4.69, 9.17) is 0 Å². The molecule has 0 aromatic carbocycles. The van der Waals surface area contributed by atoms with Gasteiger partial charge in [-0.05, 0) is 6.92 Å². The van der Waals surface area contributed by atoms with Gasteiger partial charge in [0.1, 0.15) is 0 Å². The molecule has 0 fully saturated rings. The van der Waals surface area contributed by atoms with Gasteiger partial charge in [0.2, 0.25) is 0 Å². The first-order valence-corrected chi connectivity index (χ1v) is 5.61. The quantitative estimate of drug-likeness (QED) is 0.518. The van der Waals surface area contributed by atoms with Gasteiger partial charge in [0.05, 0.1) is 31.6 Å². The number of methoxy groups -OCH3 is 1. The number of hydrogen-bond acceptors (Lipinski definition) is 6. The molecule has 14 heavy (non-hydrogen) atoms. The van der Waals surface area contributed by atoms with Crippen LogP contribution in [0.5, 0.6) is 0 Å². The molecule has 0 spiro atoms. The van der Waals surface area contributed by atoms with Crippen molar-refractivity contribution in [1.29, 1.82) is 0 Å². The topological polar surface area (TPSA) is 52.6 Å². The molecular formula is C7H11FO4S2. The van der Waals surface area contributed by atoms with Gasteiger partial charge in [0.15, 0.2) is 4.58 Å². The second-order valence-electron chi connectivity index (χ2n) is 2.06. The summed E-state index contributed by atoms with van der Waals surface area (Å²) >= 11 is 0.692. The molecule has 0 amide bonds. The van der Waals surface area contributed by atoms with Crippen LogP contribution in [-0.4, -0.2) is 36.0 Å². The van der Waals surface area contributed by atoms with Gasteiger partial charge in [-0.25, -0.2) is 4.79 Å². The van der Waals surface area contributed by atoms with Gasteiger partial charge in [-0.1, -0.05) is 0 Å². The smallest absolute Gasteiger partial charge is 0.332 e. The van der Waals surface area contributed by atoms with E-state index in [0.717, 1.165) is 11.8 Å². The summed E-state index contributed by atoms with van der Waals surface area (Å²) in [6, 6.07) is 0. The Morgan fingerprint density at radius 3 is 2.57 bits per heavy atom. The lowest BCUT2D eigenvalue weighted by Crippen LogP contribution is -2.18. The number of halogens is 1. The molecule has 82 valence electrons. The molecular weight excluding hydrogens is 231 g/mol. The lowest BCUT2D eigenvalue weighted by molar-refractivity contribution is -0.140. The summed E-state index contributed by atoms with van der Waals surface area (Å²) in [5, 5.41) is 0. The molecule has 0 saturated carbocycles. The Kier molecular flexibility index (Phi) is 7.68. The maximum atomic E-state index is 12.2. The van der Waals surface area contributed by atoms with E-state index in [1.54, 1.807) is 6.92 Å². The van der Waals surface area contributed by atoms with Gasteiger partial charge in [-0.2, -0.15) is 3.89 Å². The lowest BCUT2D eigenvalue weighted by atomic mass is 10.7. The standard InChI is InChI=1S/C7H11FO4S2/c1-3-12-6(10)7(14-8)13-4-5(9)11-2/h7H,3-4H2,1-2H3. The van der Waals surface area contributed by atoms with E-state index in [1.807, 2.05) is 0 Å². The van der Waals surface area contributed by atoms with E-state index < -0.39 is 16.5 Å². The highest BCUT2D eigenvalue weighted by Gasteiger charge is 2.22. The number of carbonyl (C=O) groups is 2. The highest BCUT2D eigenvalue weighted by Crippen LogP contribution is 2.25. The van der Waals surface area contributed by atoms with Crippen molar-refractivity contribution in [3.63, 3.8) is 0 Å². The Hall–Kier alpha value is -0.430. The second kappa shape index (κ2) is 7.93. The van der Waals surface area contributed by atoms with Crippen LogP contribution in [0.1, 0.15) is 6.92 Å². The van der Waals surface area contributed by atoms with E-state index in [0.29, 0.717) is 0 Å². The SMILES string of the molecule is CCOC(=O)C(SF)SCC(=O)OC. The Labute approximate surface area is 90.2 Å². The number of rotatable bonds is 6. The van der Waals surface area contributed by atoms with Crippen molar-refractivity contribution in [2.75, 3.05) is 19.5 Å². The van der Waals surface area contributed by atoms with Crippen LogP contribution in [0, 0.1) is 0 Å². The Morgan fingerprint density at radius 1 is 1.50 bits per heavy atom. The first kappa shape index (κ1) is 13.6. The van der Waals surface area contributed by atoms with Crippen molar-refractivity contribution < 1.29 is 22.9 Å². The van der Waals surface area contributed by atoms with Crippen LogP contribution in [0.4, 0.5) is 3.89 Å². The summed E-state index contributed by atoms with van der Waals surface area (Å²) in [6.45, 7) is 1.82. The van der Waals surface area contributed by atoms with Crippen molar-refractivity contribution in [1.82, 2.24) is 0 Å². The molecule has 0 aliphatic rings. The molecule has 0 saturated heterocycles. The molecule has 0 aliphatic carbocycles. The maximum Gasteiger partial charge on any atom is 0.332 e. The van der Waals surface area contributed by atoms with Crippen molar-refractivity contribution >= 4 is 35.8 Å². The van der Waals surface area contributed by atoms with Crippen molar-refractivity contribution in [3.8, 4) is 0 Å². The van der Waals surface area contributed by atoms with Gasteiger partial charge in [0, 0.05) is 0 Å². The first-order chi connectivity index (χ1) is 6.65. The molecule has 0 radical (unpaired) electrons. The summed E-state index contributed by atoms with van der Waals surface area (Å²) in [4.78, 5) is 21.7. The average molecular weight is 242 g/mol. The zero-order chi connectivity index (χ0) is 11.0. The van der Waals surface area contributed by atoms with Gasteiger partial charge in [-0.15, -0.1) is 11.8 Å². The van der Waals surface area contributed by atoms with E-state index in [1.165, 1.54) is 7.11 Å². The van der Waals surface area contributed by atoms with Gasteiger partial charge in [-0.3, -0.25) is 4.79 Å². The molecule has 4 nitrogen and oxygen atoms in total. The zero-order valence-corrected chi connectivity index (χ0v) is 9.45. The highest BCUT2D eigenvalue weighted by molar-refractivity contribution is 8.16. The fraction of sp³-hybridized carbons (Fsp3) is 0.714. The monoisotopic (exact) mass is 242 g/mol. The first-order valence-electron chi connectivity index (χ1n) is 3.78. The van der Waals surface area contributed by atoms with Gasteiger partial charge in [0.25, 0.3) is 0 Å². The van der Waals surface area contributed by atoms with Crippen LogP contribution in [0.25, 0.3) is 0 Å². The lowest BCUT2D eigenvalue weighted by Gasteiger charge is -2.09. The largest absolute Gasteiger partial charge is 0.468 e. The van der Waals surface area contributed by atoms with Crippen molar-refractivity contribution in [2.24, 2.45) is 0 Å². The van der Waals surface area contributed by atoms with E-state index in [9.17, 15) is 13.5 Å². The fourth-order valence-corrected chi connectivity index (χ4v) is 1.70. The van der Waals surface area contributed by atoms with Crippen LogP contribution in [0.2, 0.25) is 0 Å². The minimum absolute atomic E-state index is 0.0725. The average Bonchev–Trinajstić information content (AvgIpc) is 2.18. The molecule has 0 aromatic rings.